The van der Waals surface area contributed by atoms with E-state index in [4.69, 9.17) is 4.74 Å². The van der Waals surface area contributed by atoms with Crippen molar-refractivity contribution in [2.24, 2.45) is 0 Å². The fraction of sp³-hybridized carbons (Fsp3) is 0.308. The van der Waals surface area contributed by atoms with E-state index in [0.717, 1.165) is 18.1 Å². The van der Waals surface area contributed by atoms with Crippen LogP contribution in [0.3, 0.4) is 0 Å². The summed E-state index contributed by atoms with van der Waals surface area (Å²) in [5.74, 6) is 0. The lowest BCUT2D eigenvalue weighted by Crippen LogP contribution is -2.12. The lowest BCUT2D eigenvalue weighted by Gasteiger charge is -2.05. The molecule has 0 unspecified atom stereocenters. The van der Waals surface area contributed by atoms with Crippen LogP contribution in [-0.4, -0.2) is 12.1 Å². The molecule has 0 saturated carbocycles. The Labute approximate surface area is 105 Å². The summed E-state index contributed by atoms with van der Waals surface area (Å²) in [4.78, 5) is 4.23. The first-order valence-corrected chi connectivity index (χ1v) is 6.42. The Hall–Kier alpha value is -1.23. The molecule has 0 atom stereocenters. The van der Waals surface area contributed by atoms with Gasteiger partial charge in [-0.15, -0.1) is 11.3 Å². The van der Waals surface area contributed by atoms with Gasteiger partial charge < -0.3 is 10.1 Å². The average Bonchev–Trinajstić information content (AvgIpc) is 2.83. The highest BCUT2D eigenvalue weighted by molar-refractivity contribution is 7.09. The van der Waals surface area contributed by atoms with E-state index in [1.165, 1.54) is 11.1 Å². The maximum absolute atomic E-state index is 5.12. The van der Waals surface area contributed by atoms with Crippen molar-refractivity contribution in [3.63, 3.8) is 0 Å². The van der Waals surface area contributed by atoms with Crippen LogP contribution >= 0.6 is 11.3 Å². The van der Waals surface area contributed by atoms with E-state index in [2.05, 4.69) is 34.6 Å². The number of methoxy groups -OCH3 is 1. The van der Waals surface area contributed by atoms with Gasteiger partial charge in [-0.05, 0) is 11.1 Å². The Morgan fingerprint density at radius 1 is 1.29 bits per heavy atom. The van der Waals surface area contributed by atoms with Gasteiger partial charge >= 0.3 is 0 Å². The van der Waals surface area contributed by atoms with E-state index in [1.54, 1.807) is 18.4 Å². The Bertz CT molecular complexity index is 442. The van der Waals surface area contributed by atoms with Gasteiger partial charge in [0.25, 0.3) is 0 Å². The molecule has 0 radical (unpaired) electrons. The van der Waals surface area contributed by atoms with Gasteiger partial charge in [-0.2, -0.15) is 0 Å². The third kappa shape index (κ3) is 3.93. The van der Waals surface area contributed by atoms with E-state index in [9.17, 15) is 0 Å². The first kappa shape index (κ1) is 12.2. The predicted molar refractivity (Wildman–Crippen MR) is 69.8 cm³/mol. The molecule has 90 valence electrons. The minimum atomic E-state index is 0.667. The van der Waals surface area contributed by atoms with E-state index < -0.39 is 0 Å². The molecule has 4 heteroatoms. The molecule has 0 spiro atoms. The first-order chi connectivity index (χ1) is 8.38. The van der Waals surface area contributed by atoms with E-state index in [1.807, 2.05) is 11.6 Å². The standard InChI is InChI=1S/C13H16N2OS/c1-16-10-12-4-2-3-11(7-12)8-14-9-13-15-5-6-17-13/h2-7,14H,8-10H2,1H3. The Kier molecular flexibility index (Phi) is 4.67. The van der Waals surface area contributed by atoms with Gasteiger partial charge in [0.2, 0.25) is 0 Å². The van der Waals surface area contributed by atoms with Crippen molar-refractivity contribution < 1.29 is 4.74 Å². The van der Waals surface area contributed by atoms with Crippen LogP contribution in [0.5, 0.6) is 0 Å². The van der Waals surface area contributed by atoms with Crippen molar-refractivity contribution >= 4 is 11.3 Å². The molecule has 2 rings (SSSR count). The molecule has 1 aromatic carbocycles. The molecular weight excluding hydrogens is 232 g/mol. The maximum Gasteiger partial charge on any atom is 0.106 e. The lowest BCUT2D eigenvalue weighted by molar-refractivity contribution is 0.185. The molecule has 0 aliphatic rings. The van der Waals surface area contributed by atoms with Crippen molar-refractivity contribution in [2.75, 3.05) is 7.11 Å². The van der Waals surface area contributed by atoms with Gasteiger partial charge in [-0.3, -0.25) is 0 Å². The minimum absolute atomic E-state index is 0.667. The molecule has 0 amide bonds. The third-order valence-electron chi connectivity index (χ3n) is 2.39. The van der Waals surface area contributed by atoms with Crippen molar-refractivity contribution in [1.29, 1.82) is 0 Å². The zero-order valence-corrected chi connectivity index (χ0v) is 10.7. The monoisotopic (exact) mass is 248 g/mol. The summed E-state index contributed by atoms with van der Waals surface area (Å²) in [6.45, 7) is 2.35. The number of aromatic nitrogens is 1. The van der Waals surface area contributed by atoms with E-state index in [0.29, 0.717) is 6.61 Å². The number of hydrogen-bond donors (Lipinski definition) is 1. The van der Waals surface area contributed by atoms with Crippen LogP contribution in [0.1, 0.15) is 16.1 Å². The molecule has 1 N–H and O–H groups in total. The molecule has 3 nitrogen and oxygen atoms in total. The fourth-order valence-electron chi connectivity index (χ4n) is 1.65. The molecular formula is C13H16N2OS. The van der Waals surface area contributed by atoms with Crippen LogP contribution in [0.15, 0.2) is 35.8 Å². The lowest BCUT2D eigenvalue weighted by atomic mass is 10.1. The number of benzene rings is 1. The highest BCUT2D eigenvalue weighted by Gasteiger charge is 1.97. The third-order valence-corrected chi connectivity index (χ3v) is 3.17. The van der Waals surface area contributed by atoms with Crippen molar-refractivity contribution in [3.8, 4) is 0 Å². The quantitative estimate of drug-likeness (QED) is 0.853. The molecule has 0 bridgehead atoms. The summed E-state index contributed by atoms with van der Waals surface area (Å²) < 4.78 is 5.12. The molecule has 1 heterocycles. The van der Waals surface area contributed by atoms with Crippen LogP contribution in [0.2, 0.25) is 0 Å². The van der Waals surface area contributed by atoms with Crippen molar-refractivity contribution in [3.05, 3.63) is 52.0 Å². The number of ether oxygens (including phenoxy) is 1. The summed E-state index contributed by atoms with van der Waals surface area (Å²) in [6, 6.07) is 8.43. The van der Waals surface area contributed by atoms with Crippen molar-refractivity contribution in [2.45, 2.75) is 19.7 Å². The topological polar surface area (TPSA) is 34.1 Å². The summed E-state index contributed by atoms with van der Waals surface area (Å²) in [5.41, 5.74) is 2.48. The van der Waals surface area contributed by atoms with Crippen LogP contribution in [0.25, 0.3) is 0 Å². The van der Waals surface area contributed by atoms with E-state index >= 15 is 0 Å². The second-order valence-electron chi connectivity index (χ2n) is 3.78. The van der Waals surface area contributed by atoms with Crippen molar-refractivity contribution in [1.82, 2.24) is 10.3 Å². The average molecular weight is 248 g/mol. The molecule has 2 aromatic rings. The molecule has 1 aromatic heterocycles. The number of hydrogen-bond acceptors (Lipinski definition) is 4. The minimum Gasteiger partial charge on any atom is -0.380 e. The van der Waals surface area contributed by atoms with Gasteiger partial charge in [0.05, 0.1) is 6.61 Å². The maximum atomic E-state index is 5.12. The zero-order valence-electron chi connectivity index (χ0n) is 9.85. The summed E-state index contributed by atoms with van der Waals surface area (Å²) >= 11 is 1.68. The van der Waals surface area contributed by atoms with Gasteiger partial charge in [0.15, 0.2) is 0 Å². The van der Waals surface area contributed by atoms with Gasteiger partial charge in [-0.25, -0.2) is 4.98 Å². The highest BCUT2D eigenvalue weighted by atomic mass is 32.1. The molecule has 0 saturated heterocycles. The van der Waals surface area contributed by atoms with E-state index in [-0.39, 0.29) is 0 Å². The Morgan fingerprint density at radius 2 is 2.18 bits per heavy atom. The molecule has 0 fully saturated rings. The SMILES string of the molecule is COCc1cccc(CNCc2nccs2)c1. The van der Waals surface area contributed by atoms with Crippen LogP contribution in [-0.2, 0) is 24.4 Å². The normalized spacial score (nSPS) is 10.6. The first-order valence-electron chi connectivity index (χ1n) is 5.54. The summed E-state index contributed by atoms with van der Waals surface area (Å²) in [6.07, 6.45) is 1.83. The second-order valence-corrected chi connectivity index (χ2v) is 4.76. The van der Waals surface area contributed by atoms with Gasteiger partial charge in [0, 0.05) is 31.8 Å². The summed E-state index contributed by atoms with van der Waals surface area (Å²) in [5, 5.41) is 6.50. The molecule has 0 aliphatic heterocycles. The fourth-order valence-corrected chi connectivity index (χ4v) is 2.24. The molecule has 0 aliphatic carbocycles. The number of nitrogens with zero attached hydrogens (tertiary/aromatic N) is 1. The largest absolute Gasteiger partial charge is 0.380 e. The Balaban J connectivity index is 1.84. The van der Waals surface area contributed by atoms with Crippen LogP contribution in [0, 0.1) is 0 Å². The zero-order chi connectivity index (χ0) is 11.9. The Morgan fingerprint density at radius 3 is 2.94 bits per heavy atom. The van der Waals surface area contributed by atoms with Crippen LogP contribution in [0.4, 0.5) is 0 Å². The predicted octanol–water partition coefficient (Wildman–Crippen LogP) is 2.58. The van der Waals surface area contributed by atoms with Gasteiger partial charge in [-0.1, -0.05) is 24.3 Å². The van der Waals surface area contributed by atoms with Crippen LogP contribution < -0.4 is 5.32 Å². The second kappa shape index (κ2) is 6.49. The highest BCUT2D eigenvalue weighted by Crippen LogP contribution is 2.07. The molecule has 17 heavy (non-hydrogen) atoms. The van der Waals surface area contributed by atoms with Gasteiger partial charge in [0.1, 0.15) is 5.01 Å². The smallest absolute Gasteiger partial charge is 0.106 e. The summed E-state index contributed by atoms with van der Waals surface area (Å²) in [7, 11) is 1.72. The number of thiazole rings is 1. The number of rotatable bonds is 6. The number of nitrogens with one attached hydrogen (secondary N) is 1.